The van der Waals surface area contributed by atoms with E-state index in [4.69, 9.17) is 4.74 Å². The van der Waals surface area contributed by atoms with Crippen LogP contribution in [0.5, 0.6) is 5.75 Å². The Balaban J connectivity index is 2.25. The SMILES string of the molecule is CCCNC(=O)CNCC(O)COc1c(C)cccc1C. The topological polar surface area (TPSA) is 70.6 Å². The Morgan fingerprint density at radius 3 is 2.62 bits per heavy atom. The molecule has 0 heterocycles. The number of nitrogens with one attached hydrogen (secondary N) is 2. The van der Waals surface area contributed by atoms with Crippen LogP contribution in [-0.2, 0) is 4.79 Å². The number of carbonyl (C=O) groups is 1. The maximum absolute atomic E-state index is 11.4. The summed E-state index contributed by atoms with van der Waals surface area (Å²) in [6.45, 7) is 7.37. The zero-order chi connectivity index (χ0) is 15.7. The molecule has 0 bridgehead atoms. The minimum absolute atomic E-state index is 0.0558. The second-order valence-corrected chi connectivity index (χ2v) is 5.17. The molecule has 0 fully saturated rings. The number of hydrogen-bond donors (Lipinski definition) is 3. The number of aliphatic hydroxyl groups is 1. The van der Waals surface area contributed by atoms with Crippen molar-refractivity contribution < 1.29 is 14.6 Å². The molecule has 5 nitrogen and oxygen atoms in total. The van der Waals surface area contributed by atoms with Crippen molar-refractivity contribution in [3.05, 3.63) is 29.3 Å². The van der Waals surface area contributed by atoms with Gasteiger partial charge in [0.1, 0.15) is 18.5 Å². The summed E-state index contributed by atoms with van der Waals surface area (Å²) in [6.07, 6.45) is 0.265. The molecule has 0 spiro atoms. The van der Waals surface area contributed by atoms with Crippen molar-refractivity contribution in [1.29, 1.82) is 0 Å². The molecule has 0 aliphatic heterocycles. The molecule has 1 aromatic rings. The van der Waals surface area contributed by atoms with Gasteiger partial charge in [-0.2, -0.15) is 0 Å². The van der Waals surface area contributed by atoms with Gasteiger partial charge < -0.3 is 20.5 Å². The minimum atomic E-state index is -0.650. The zero-order valence-corrected chi connectivity index (χ0v) is 13.1. The van der Waals surface area contributed by atoms with Gasteiger partial charge in [0.25, 0.3) is 0 Å². The summed E-state index contributed by atoms with van der Waals surface area (Å²) >= 11 is 0. The minimum Gasteiger partial charge on any atom is -0.490 e. The predicted molar refractivity (Wildman–Crippen MR) is 83.6 cm³/mol. The summed E-state index contributed by atoms with van der Waals surface area (Å²) in [5.74, 6) is 0.761. The third-order valence-corrected chi connectivity index (χ3v) is 3.07. The van der Waals surface area contributed by atoms with Crippen LogP contribution in [0.25, 0.3) is 0 Å². The molecule has 118 valence electrons. The molecular formula is C16H26N2O3. The highest BCUT2D eigenvalue weighted by atomic mass is 16.5. The first-order valence-electron chi connectivity index (χ1n) is 7.39. The van der Waals surface area contributed by atoms with E-state index in [2.05, 4.69) is 10.6 Å². The molecule has 5 heteroatoms. The fourth-order valence-electron chi connectivity index (χ4n) is 1.94. The lowest BCUT2D eigenvalue weighted by Crippen LogP contribution is -2.39. The maximum atomic E-state index is 11.4. The average Bonchev–Trinajstić information content (AvgIpc) is 2.44. The quantitative estimate of drug-likeness (QED) is 0.639. The van der Waals surface area contributed by atoms with Gasteiger partial charge in [-0.15, -0.1) is 0 Å². The number of aliphatic hydroxyl groups excluding tert-OH is 1. The number of rotatable bonds is 9. The number of para-hydroxylation sites is 1. The van der Waals surface area contributed by atoms with Crippen LogP contribution >= 0.6 is 0 Å². The summed E-state index contributed by atoms with van der Waals surface area (Å²) in [7, 11) is 0. The molecule has 1 atom stereocenters. The monoisotopic (exact) mass is 294 g/mol. The van der Waals surface area contributed by atoms with Crippen molar-refractivity contribution in [3.8, 4) is 5.75 Å². The van der Waals surface area contributed by atoms with E-state index in [1.807, 2.05) is 39.0 Å². The highest BCUT2D eigenvalue weighted by Gasteiger charge is 2.09. The van der Waals surface area contributed by atoms with Gasteiger partial charge in [0.15, 0.2) is 0 Å². The fourth-order valence-corrected chi connectivity index (χ4v) is 1.94. The Hall–Kier alpha value is -1.59. The van der Waals surface area contributed by atoms with Gasteiger partial charge in [0.2, 0.25) is 5.91 Å². The molecule has 0 aliphatic rings. The number of hydrogen-bond acceptors (Lipinski definition) is 4. The molecule has 0 saturated carbocycles. The number of carbonyl (C=O) groups excluding carboxylic acids is 1. The van der Waals surface area contributed by atoms with Crippen LogP contribution in [0.1, 0.15) is 24.5 Å². The van der Waals surface area contributed by atoms with Gasteiger partial charge in [0.05, 0.1) is 6.54 Å². The van der Waals surface area contributed by atoms with Crippen LogP contribution in [0.4, 0.5) is 0 Å². The fraction of sp³-hybridized carbons (Fsp3) is 0.562. The summed E-state index contributed by atoms with van der Waals surface area (Å²) in [4.78, 5) is 11.4. The lowest BCUT2D eigenvalue weighted by Gasteiger charge is -2.16. The van der Waals surface area contributed by atoms with Gasteiger partial charge in [-0.25, -0.2) is 0 Å². The van der Waals surface area contributed by atoms with E-state index in [1.165, 1.54) is 0 Å². The highest BCUT2D eigenvalue weighted by molar-refractivity contribution is 5.77. The molecule has 1 rings (SSSR count). The van der Waals surface area contributed by atoms with Crippen LogP contribution in [0.3, 0.4) is 0 Å². The van der Waals surface area contributed by atoms with Gasteiger partial charge in [-0.05, 0) is 31.4 Å². The largest absolute Gasteiger partial charge is 0.490 e. The van der Waals surface area contributed by atoms with Crippen LogP contribution in [0, 0.1) is 13.8 Å². The van der Waals surface area contributed by atoms with E-state index in [1.54, 1.807) is 0 Å². The van der Waals surface area contributed by atoms with E-state index in [9.17, 15) is 9.90 Å². The van der Waals surface area contributed by atoms with E-state index in [0.717, 1.165) is 23.3 Å². The normalized spacial score (nSPS) is 12.0. The van der Waals surface area contributed by atoms with Crippen molar-refractivity contribution >= 4 is 5.91 Å². The number of benzene rings is 1. The second kappa shape index (κ2) is 9.37. The first-order valence-corrected chi connectivity index (χ1v) is 7.39. The van der Waals surface area contributed by atoms with Crippen molar-refractivity contribution in [2.45, 2.75) is 33.3 Å². The van der Waals surface area contributed by atoms with Gasteiger partial charge in [-0.3, -0.25) is 4.79 Å². The standard InChI is InChI=1S/C16H26N2O3/c1-4-8-18-15(20)10-17-9-14(19)11-21-16-12(2)6-5-7-13(16)3/h5-7,14,17,19H,4,8-11H2,1-3H3,(H,18,20). The van der Waals surface area contributed by atoms with Crippen molar-refractivity contribution in [3.63, 3.8) is 0 Å². The van der Waals surface area contributed by atoms with Crippen LogP contribution in [0.2, 0.25) is 0 Å². The first kappa shape index (κ1) is 17.5. The average molecular weight is 294 g/mol. The molecule has 1 amide bonds. The third-order valence-electron chi connectivity index (χ3n) is 3.07. The first-order chi connectivity index (χ1) is 10.0. The van der Waals surface area contributed by atoms with Gasteiger partial charge in [0, 0.05) is 13.1 Å². The van der Waals surface area contributed by atoms with Gasteiger partial charge >= 0.3 is 0 Å². The van der Waals surface area contributed by atoms with E-state index < -0.39 is 6.10 Å². The molecule has 0 radical (unpaired) electrons. The lowest BCUT2D eigenvalue weighted by molar-refractivity contribution is -0.120. The molecule has 3 N–H and O–H groups in total. The Morgan fingerprint density at radius 1 is 1.33 bits per heavy atom. The van der Waals surface area contributed by atoms with Crippen molar-refractivity contribution in [2.75, 3.05) is 26.2 Å². The Kier molecular flexibility index (Phi) is 7.79. The molecular weight excluding hydrogens is 268 g/mol. The van der Waals surface area contributed by atoms with Crippen molar-refractivity contribution in [1.82, 2.24) is 10.6 Å². The zero-order valence-electron chi connectivity index (χ0n) is 13.1. The summed E-state index contributed by atoms with van der Waals surface area (Å²) < 4.78 is 5.66. The van der Waals surface area contributed by atoms with Crippen LogP contribution in [0.15, 0.2) is 18.2 Å². The van der Waals surface area contributed by atoms with Crippen LogP contribution in [-0.4, -0.2) is 43.4 Å². The van der Waals surface area contributed by atoms with Crippen molar-refractivity contribution in [2.24, 2.45) is 0 Å². The highest BCUT2D eigenvalue weighted by Crippen LogP contribution is 2.22. The molecule has 0 saturated heterocycles. The number of aryl methyl sites for hydroxylation is 2. The van der Waals surface area contributed by atoms with Crippen LogP contribution < -0.4 is 15.4 Å². The number of amides is 1. The number of ether oxygens (including phenoxy) is 1. The van der Waals surface area contributed by atoms with Gasteiger partial charge in [-0.1, -0.05) is 25.1 Å². The molecule has 21 heavy (non-hydrogen) atoms. The second-order valence-electron chi connectivity index (χ2n) is 5.17. The van der Waals surface area contributed by atoms with E-state index >= 15 is 0 Å². The molecule has 0 aliphatic carbocycles. The van der Waals surface area contributed by atoms with E-state index in [-0.39, 0.29) is 19.1 Å². The summed E-state index contributed by atoms with van der Waals surface area (Å²) in [5.41, 5.74) is 2.10. The summed E-state index contributed by atoms with van der Waals surface area (Å²) in [5, 5.41) is 15.5. The smallest absolute Gasteiger partial charge is 0.233 e. The molecule has 1 unspecified atom stereocenters. The summed E-state index contributed by atoms with van der Waals surface area (Å²) in [6, 6.07) is 5.93. The third kappa shape index (κ3) is 6.60. The maximum Gasteiger partial charge on any atom is 0.233 e. The Morgan fingerprint density at radius 2 is 2.00 bits per heavy atom. The van der Waals surface area contributed by atoms with E-state index in [0.29, 0.717) is 13.1 Å². The molecule has 0 aromatic heterocycles. The molecule has 1 aromatic carbocycles. The lowest BCUT2D eigenvalue weighted by atomic mass is 10.1. The predicted octanol–water partition coefficient (Wildman–Crippen LogP) is 1.16. The Labute approximate surface area is 126 Å². The Bertz CT molecular complexity index is 429.